The van der Waals surface area contributed by atoms with Crippen molar-refractivity contribution in [2.24, 2.45) is 0 Å². The molecule has 2 aliphatic rings. The highest BCUT2D eigenvalue weighted by Crippen LogP contribution is 2.34. The molecule has 1 aliphatic heterocycles. The van der Waals surface area contributed by atoms with Crippen LogP contribution in [0.3, 0.4) is 0 Å². The fraction of sp³-hybridized carbons (Fsp3) is 0.647. The highest BCUT2D eigenvalue weighted by atomic mass is 35.5. The molecule has 0 amide bonds. The van der Waals surface area contributed by atoms with Gasteiger partial charge >= 0.3 is 0 Å². The Labute approximate surface area is 132 Å². The topological polar surface area (TPSA) is 24.5 Å². The van der Waals surface area contributed by atoms with Gasteiger partial charge in [0.25, 0.3) is 0 Å². The number of nitrogens with zero attached hydrogens (tertiary/aromatic N) is 1. The number of ether oxygens (including phenoxy) is 1. The standard InChI is InChI=1S/C17H25ClN2O/c1-21-16-7-6-14(12-15(16)18)20-11-5-10-19-17(13-20)8-3-2-4-9-17/h6-7,12,19H,2-5,8-11,13H2,1H3. The Morgan fingerprint density at radius 3 is 2.71 bits per heavy atom. The van der Waals surface area contributed by atoms with Gasteiger partial charge in [-0.05, 0) is 44.0 Å². The Hall–Kier alpha value is -0.930. The van der Waals surface area contributed by atoms with Crippen molar-refractivity contribution in [1.82, 2.24) is 5.32 Å². The number of nitrogens with one attached hydrogen (secondary N) is 1. The van der Waals surface area contributed by atoms with Gasteiger partial charge in [0.1, 0.15) is 5.75 Å². The molecular weight excluding hydrogens is 284 g/mol. The zero-order valence-corrected chi connectivity index (χ0v) is 13.6. The van der Waals surface area contributed by atoms with Gasteiger partial charge in [0, 0.05) is 24.3 Å². The van der Waals surface area contributed by atoms with Gasteiger partial charge in [0.05, 0.1) is 12.1 Å². The molecule has 1 spiro atoms. The summed E-state index contributed by atoms with van der Waals surface area (Å²) in [5, 5.41) is 4.53. The van der Waals surface area contributed by atoms with Crippen LogP contribution in [0.5, 0.6) is 5.75 Å². The lowest BCUT2D eigenvalue weighted by Gasteiger charge is -2.40. The Kier molecular flexibility index (Phi) is 4.60. The molecule has 2 fully saturated rings. The molecule has 4 heteroatoms. The normalized spacial score (nSPS) is 22.1. The number of benzene rings is 1. The van der Waals surface area contributed by atoms with Crippen LogP contribution in [0.15, 0.2) is 18.2 Å². The molecule has 0 bridgehead atoms. The number of hydrogen-bond donors (Lipinski definition) is 1. The fourth-order valence-corrected chi connectivity index (χ4v) is 4.01. The second-order valence-corrected chi connectivity index (χ2v) is 6.77. The average molecular weight is 309 g/mol. The van der Waals surface area contributed by atoms with Gasteiger partial charge in [-0.2, -0.15) is 0 Å². The molecule has 0 atom stereocenters. The van der Waals surface area contributed by atoms with E-state index in [-0.39, 0.29) is 0 Å². The molecule has 1 saturated carbocycles. The summed E-state index contributed by atoms with van der Waals surface area (Å²) < 4.78 is 5.26. The first kappa shape index (κ1) is 15.0. The van der Waals surface area contributed by atoms with Crippen LogP contribution >= 0.6 is 11.6 Å². The minimum Gasteiger partial charge on any atom is -0.495 e. The molecule has 1 N–H and O–H groups in total. The molecule has 1 heterocycles. The zero-order chi connectivity index (χ0) is 14.7. The van der Waals surface area contributed by atoms with E-state index in [0.717, 1.165) is 25.4 Å². The van der Waals surface area contributed by atoms with Crippen LogP contribution in [0.25, 0.3) is 0 Å². The number of methoxy groups -OCH3 is 1. The summed E-state index contributed by atoms with van der Waals surface area (Å²) in [6, 6.07) is 6.15. The van der Waals surface area contributed by atoms with Crippen LogP contribution < -0.4 is 15.0 Å². The van der Waals surface area contributed by atoms with Crippen LogP contribution in [0.1, 0.15) is 38.5 Å². The van der Waals surface area contributed by atoms with Gasteiger partial charge in [-0.15, -0.1) is 0 Å². The third kappa shape index (κ3) is 3.29. The molecule has 0 aromatic heterocycles. The predicted molar refractivity (Wildman–Crippen MR) is 88.7 cm³/mol. The van der Waals surface area contributed by atoms with Crippen LogP contribution in [-0.4, -0.2) is 32.3 Å². The van der Waals surface area contributed by atoms with E-state index >= 15 is 0 Å². The maximum Gasteiger partial charge on any atom is 0.137 e. The van der Waals surface area contributed by atoms with Crippen LogP contribution in [0, 0.1) is 0 Å². The summed E-state index contributed by atoms with van der Waals surface area (Å²) in [5.41, 5.74) is 1.52. The molecular formula is C17H25ClN2O. The molecule has 1 aliphatic carbocycles. The van der Waals surface area contributed by atoms with Crippen molar-refractivity contribution >= 4 is 17.3 Å². The fourth-order valence-electron chi connectivity index (χ4n) is 3.76. The molecule has 0 radical (unpaired) electrons. The predicted octanol–water partition coefficient (Wildman–Crippen LogP) is 3.85. The number of rotatable bonds is 2. The Morgan fingerprint density at radius 2 is 2.00 bits per heavy atom. The summed E-state index contributed by atoms with van der Waals surface area (Å²) in [6.07, 6.45) is 7.87. The third-order valence-electron chi connectivity index (χ3n) is 4.91. The summed E-state index contributed by atoms with van der Waals surface area (Å²) in [6.45, 7) is 3.31. The molecule has 1 aromatic carbocycles. The molecule has 1 saturated heterocycles. The maximum absolute atomic E-state index is 6.30. The summed E-state index contributed by atoms with van der Waals surface area (Å²) >= 11 is 6.30. The van der Waals surface area contributed by atoms with Crippen molar-refractivity contribution in [2.45, 2.75) is 44.1 Å². The molecule has 21 heavy (non-hydrogen) atoms. The van der Waals surface area contributed by atoms with Crippen molar-refractivity contribution in [1.29, 1.82) is 0 Å². The van der Waals surface area contributed by atoms with Crippen molar-refractivity contribution in [3.63, 3.8) is 0 Å². The molecule has 116 valence electrons. The minimum absolute atomic E-state index is 0.307. The Bertz CT molecular complexity index is 486. The smallest absolute Gasteiger partial charge is 0.137 e. The van der Waals surface area contributed by atoms with E-state index in [1.807, 2.05) is 12.1 Å². The van der Waals surface area contributed by atoms with Crippen molar-refractivity contribution in [3.05, 3.63) is 23.2 Å². The number of hydrogen-bond acceptors (Lipinski definition) is 3. The van der Waals surface area contributed by atoms with Gasteiger partial charge in [0.15, 0.2) is 0 Å². The lowest BCUT2D eigenvalue weighted by molar-refractivity contribution is 0.246. The van der Waals surface area contributed by atoms with Gasteiger partial charge in [-0.1, -0.05) is 30.9 Å². The quantitative estimate of drug-likeness (QED) is 0.898. The van der Waals surface area contributed by atoms with Crippen LogP contribution in [0.4, 0.5) is 5.69 Å². The first-order valence-corrected chi connectivity index (χ1v) is 8.44. The van der Waals surface area contributed by atoms with E-state index in [9.17, 15) is 0 Å². The van der Waals surface area contributed by atoms with Gasteiger partial charge < -0.3 is 15.0 Å². The first-order chi connectivity index (χ1) is 10.2. The first-order valence-electron chi connectivity index (χ1n) is 8.06. The lowest BCUT2D eigenvalue weighted by atomic mass is 9.81. The second kappa shape index (κ2) is 6.45. The van der Waals surface area contributed by atoms with Gasteiger partial charge in [0.2, 0.25) is 0 Å². The number of anilines is 1. The molecule has 3 rings (SSSR count). The van der Waals surface area contributed by atoms with E-state index in [0.29, 0.717) is 10.6 Å². The van der Waals surface area contributed by atoms with Crippen LogP contribution in [-0.2, 0) is 0 Å². The van der Waals surface area contributed by atoms with E-state index < -0.39 is 0 Å². The van der Waals surface area contributed by atoms with Crippen molar-refractivity contribution in [3.8, 4) is 5.75 Å². The summed E-state index contributed by atoms with van der Waals surface area (Å²) in [5.74, 6) is 0.751. The largest absolute Gasteiger partial charge is 0.495 e. The minimum atomic E-state index is 0.307. The summed E-state index contributed by atoms with van der Waals surface area (Å²) in [7, 11) is 1.66. The van der Waals surface area contributed by atoms with E-state index in [1.165, 1.54) is 44.2 Å². The highest BCUT2D eigenvalue weighted by Gasteiger charge is 2.35. The number of halogens is 1. The molecule has 1 aromatic rings. The molecule has 3 nitrogen and oxygen atoms in total. The van der Waals surface area contributed by atoms with E-state index in [2.05, 4.69) is 16.3 Å². The highest BCUT2D eigenvalue weighted by molar-refractivity contribution is 6.32. The van der Waals surface area contributed by atoms with Gasteiger partial charge in [-0.25, -0.2) is 0 Å². The zero-order valence-electron chi connectivity index (χ0n) is 12.8. The SMILES string of the molecule is COc1ccc(N2CCCNC3(CCCCC3)C2)cc1Cl. The van der Waals surface area contributed by atoms with Gasteiger partial charge in [-0.3, -0.25) is 0 Å². The monoisotopic (exact) mass is 308 g/mol. The van der Waals surface area contributed by atoms with Crippen molar-refractivity contribution < 1.29 is 4.74 Å². The van der Waals surface area contributed by atoms with Crippen molar-refractivity contribution in [2.75, 3.05) is 31.6 Å². The summed E-state index contributed by atoms with van der Waals surface area (Å²) in [4.78, 5) is 2.50. The third-order valence-corrected chi connectivity index (χ3v) is 5.20. The average Bonchev–Trinajstić information content (AvgIpc) is 2.71. The van der Waals surface area contributed by atoms with E-state index in [1.54, 1.807) is 7.11 Å². The Balaban J connectivity index is 1.81. The Morgan fingerprint density at radius 1 is 1.19 bits per heavy atom. The van der Waals surface area contributed by atoms with Crippen LogP contribution in [0.2, 0.25) is 5.02 Å². The maximum atomic E-state index is 6.30. The lowest BCUT2D eigenvalue weighted by Crippen LogP contribution is -2.52. The molecule has 0 unspecified atom stereocenters. The second-order valence-electron chi connectivity index (χ2n) is 6.36. The van der Waals surface area contributed by atoms with E-state index in [4.69, 9.17) is 16.3 Å².